The Bertz CT molecular complexity index is 540. The second kappa shape index (κ2) is 4.75. The van der Waals surface area contributed by atoms with Gasteiger partial charge in [0.2, 0.25) is 0 Å². The highest BCUT2D eigenvalue weighted by atomic mass is 16.3. The molecule has 1 saturated heterocycles. The van der Waals surface area contributed by atoms with Crippen molar-refractivity contribution in [2.75, 3.05) is 6.54 Å². The maximum Gasteiger partial charge on any atom is 0.0963 e. The third-order valence-electron chi connectivity index (χ3n) is 3.92. The van der Waals surface area contributed by atoms with E-state index >= 15 is 0 Å². The van der Waals surface area contributed by atoms with Crippen molar-refractivity contribution in [3.05, 3.63) is 35.5 Å². The average molecular weight is 244 g/mol. The second-order valence-electron chi connectivity index (χ2n) is 5.29. The third-order valence-corrected chi connectivity index (χ3v) is 3.92. The summed E-state index contributed by atoms with van der Waals surface area (Å²) >= 11 is 0. The fourth-order valence-corrected chi connectivity index (χ4v) is 2.87. The van der Waals surface area contributed by atoms with Gasteiger partial charge < -0.3 is 15.4 Å². The molecule has 1 aromatic heterocycles. The predicted molar refractivity (Wildman–Crippen MR) is 73.6 cm³/mol. The number of H-pyrrole nitrogens is 1. The highest BCUT2D eigenvalue weighted by Crippen LogP contribution is 2.29. The first-order valence-electron chi connectivity index (χ1n) is 6.75. The first-order chi connectivity index (χ1) is 8.75. The number of hydrogen-bond acceptors (Lipinski definition) is 2. The molecule has 0 radical (unpaired) electrons. The molecule has 3 rings (SSSR count). The zero-order chi connectivity index (χ0) is 12.5. The summed E-state index contributed by atoms with van der Waals surface area (Å²) in [5.74, 6) is 0. The van der Waals surface area contributed by atoms with Crippen LogP contribution < -0.4 is 5.32 Å². The molecule has 2 unspecified atom stereocenters. The summed E-state index contributed by atoms with van der Waals surface area (Å²) in [6.45, 7) is 3.10. The van der Waals surface area contributed by atoms with E-state index in [4.69, 9.17) is 0 Å². The number of benzene rings is 1. The van der Waals surface area contributed by atoms with E-state index in [0.29, 0.717) is 0 Å². The van der Waals surface area contributed by atoms with Crippen LogP contribution in [0.15, 0.2) is 24.4 Å². The number of aliphatic hydroxyl groups is 1. The van der Waals surface area contributed by atoms with Gasteiger partial charge in [0.15, 0.2) is 0 Å². The molecular formula is C15H20N2O. The molecule has 2 atom stereocenters. The fraction of sp³-hybridized carbons (Fsp3) is 0.467. The molecule has 0 saturated carbocycles. The highest BCUT2D eigenvalue weighted by Gasteiger charge is 2.24. The lowest BCUT2D eigenvalue weighted by Crippen LogP contribution is -2.38. The molecule has 3 heteroatoms. The number of piperidine rings is 1. The van der Waals surface area contributed by atoms with E-state index < -0.39 is 6.10 Å². The number of hydrogen-bond donors (Lipinski definition) is 3. The number of rotatable bonds is 2. The Labute approximate surface area is 107 Å². The molecule has 1 aliphatic rings. The highest BCUT2D eigenvalue weighted by molar-refractivity contribution is 5.84. The van der Waals surface area contributed by atoms with Gasteiger partial charge in [-0.05, 0) is 37.9 Å². The van der Waals surface area contributed by atoms with Gasteiger partial charge in [0, 0.05) is 28.7 Å². The zero-order valence-electron chi connectivity index (χ0n) is 10.7. The van der Waals surface area contributed by atoms with Gasteiger partial charge in [0.05, 0.1) is 6.10 Å². The minimum Gasteiger partial charge on any atom is -0.387 e. The molecule has 2 heterocycles. The quantitative estimate of drug-likeness (QED) is 0.760. The Kier molecular flexibility index (Phi) is 3.10. The predicted octanol–water partition coefficient (Wildman–Crippen LogP) is 2.65. The van der Waals surface area contributed by atoms with Crippen molar-refractivity contribution in [3.63, 3.8) is 0 Å². The minimum atomic E-state index is -0.415. The third kappa shape index (κ3) is 2.04. The summed E-state index contributed by atoms with van der Waals surface area (Å²) in [7, 11) is 0. The van der Waals surface area contributed by atoms with Gasteiger partial charge >= 0.3 is 0 Å². The summed E-state index contributed by atoms with van der Waals surface area (Å²) < 4.78 is 0. The molecule has 18 heavy (non-hydrogen) atoms. The topological polar surface area (TPSA) is 48.0 Å². The molecule has 3 nitrogen and oxygen atoms in total. The fourth-order valence-electron chi connectivity index (χ4n) is 2.87. The summed E-state index contributed by atoms with van der Waals surface area (Å²) in [5, 5.41) is 15.1. The van der Waals surface area contributed by atoms with Gasteiger partial charge in [-0.15, -0.1) is 0 Å². The summed E-state index contributed by atoms with van der Waals surface area (Å²) in [5.41, 5.74) is 3.37. The maximum atomic E-state index is 10.5. The Morgan fingerprint density at radius 1 is 1.33 bits per heavy atom. The molecule has 96 valence electrons. The molecule has 1 aliphatic heterocycles. The monoisotopic (exact) mass is 244 g/mol. The van der Waals surface area contributed by atoms with Crippen LogP contribution in [-0.2, 0) is 0 Å². The molecule has 3 N–H and O–H groups in total. The minimum absolute atomic E-state index is 0.194. The lowest BCUT2D eigenvalue weighted by molar-refractivity contribution is 0.115. The standard InChI is InChI=1S/C15H20N2O/c1-10-5-6-11-12(9-17-14(11)8-10)15(18)13-4-2-3-7-16-13/h5-6,8-9,13,15-18H,2-4,7H2,1H3. The number of aliphatic hydroxyl groups excluding tert-OH is 1. The van der Waals surface area contributed by atoms with Gasteiger partial charge in [0.1, 0.15) is 0 Å². The van der Waals surface area contributed by atoms with Gasteiger partial charge in [-0.2, -0.15) is 0 Å². The first-order valence-corrected chi connectivity index (χ1v) is 6.75. The first kappa shape index (κ1) is 11.8. The van der Waals surface area contributed by atoms with Crippen LogP contribution in [0.5, 0.6) is 0 Å². The van der Waals surface area contributed by atoms with E-state index in [0.717, 1.165) is 29.4 Å². The lowest BCUT2D eigenvalue weighted by Gasteiger charge is -2.27. The number of aromatic amines is 1. The van der Waals surface area contributed by atoms with Crippen LogP contribution in [0, 0.1) is 6.92 Å². The number of aromatic nitrogens is 1. The van der Waals surface area contributed by atoms with Crippen molar-refractivity contribution in [2.45, 2.75) is 38.3 Å². The number of fused-ring (bicyclic) bond motifs is 1. The van der Waals surface area contributed by atoms with E-state index in [1.807, 2.05) is 6.20 Å². The Hall–Kier alpha value is -1.32. The number of aryl methyl sites for hydroxylation is 1. The molecule has 0 aliphatic carbocycles. The number of nitrogens with one attached hydrogen (secondary N) is 2. The van der Waals surface area contributed by atoms with Crippen molar-refractivity contribution in [2.24, 2.45) is 0 Å². The Balaban J connectivity index is 1.93. The van der Waals surface area contributed by atoms with Crippen LogP contribution in [0.1, 0.15) is 36.5 Å². The van der Waals surface area contributed by atoms with Crippen LogP contribution in [0.4, 0.5) is 0 Å². The van der Waals surface area contributed by atoms with Crippen molar-refractivity contribution < 1.29 is 5.11 Å². The van der Waals surface area contributed by atoms with E-state index in [-0.39, 0.29) is 6.04 Å². The van der Waals surface area contributed by atoms with Crippen molar-refractivity contribution >= 4 is 10.9 Å². The molecule has 1 aromatic carbocycles. The molecule has 0 amide bonds. The van der Waals surface area contributed by atoms with Crippen molar-refractivity contribution in [3.8, 4) is 0 Å². The van der Waals surface area contributed by atoms with Crippen LogP contribution in [0.3, 0.4) is 0 Å². The molecule has 2 aromatic rings. The van der Waals surface area contributed by atoms with E-state index in [2.05, 4.69) is 35.4 Å². The molecule has 1 fully saturated rings. The maximum absolute atomic E-state index is 10.5. The summed E-state index contributed by atoms with van der Waals surface area (Å²) in [4.78, 5) is 3.26. The zero-order valence-corrected chi connectivity index (χ0v) is 10.7. The van der Waals surface area contributed by atoms with Crippen LogP contribution in [0.25, 0.3) is 10.9 Å². The van der Waals surface area contributed by atoms with Crippen LogP contribution in [0.2, 0.25) is 0 Å². The smallest absolute Gasteiger partial charge is 0.0963 e. The lowest BCUT2D eigenvalue weighted by atomic mass is 9.94. The van der Waals surface area contributed by atoms with Gasteiger partial charge in [-0.1, -0.05) is 18.6 Å². The van der Waals surface area contributed by atoms with Gasteiger partial charge in [-0.3, -0.25) is 0 Å². The van der Waals surface area contributed by atoms with E-state index in [1.165, 1.54) is 18.4 Å². The Morgan fingerprint density at radius 3 is 3.00 bits per heavy atom. The second-order valence-corrected chi connectivity index (χ2v) is 5.29. The summed E-state index contributed by atoms with van der Waals surface area (Å²) in [6, 6.07) is 6.52. The van der Waals surface area contributed by atoms with Gasteiger partial charge in [-0.25, -0.2) is 0 Å². The van der Waals surface area contributed by atoms with Crippen LogP contribution in [-0.4, -0.2) is 22.7 Å². The molecule has 0 spiro atoms. The summed E-state index contributed by atoms with van der Waals surface area (Å²) in [6.07, 6.45) is 5.01. The average Bonchev–Trinajstić information content (AvgIpc) is 2.81. The normalized spacial score (nSPS) is 22.2. The molecular weight excluding hydrogens is 224 g/mol. The Morgan fingerprint density at radius 2 is 2.22 bits per heavy atom. The largest absolute Gasteiger partial charge is 0.387 e. The van der Waals surface area contributed by atoms with Crippen molar-refractivity contribution in [1.29, 1.82) is 0 Å². The van der Waals surface area contributed by atoms with Crippen LogP contribution >= 0.6 is 0 Å². The molecule has 0 bridgehead atoms. The van der Waals surface area contributed by atoms with E-state index in [9.17, 15) is 5.11 Å². The van der Waals surface area contributed by atoms with Crippen molar-refractivity contribution in [1.82, 2.24) is 10.3 Å². The SMILES string of the molecule is Cc1ccc2c(C(O)C3CCCCN3)c[nH]c2c1. The van der Waals surface area contributed by atoms with Gasteiger partial charge in [0.25, 0.3) is 0 Å². The van der Waals surface area contributed by atoms with E-state index in [1.54, 1.807) is 0 Å².